The third kappa shape index (κ3) is 13.6. The highest BCUT2D eigenvalue weighted by Crippen LogP contribution is 2.59. The van der Waals surface area contributed by atoms with E-state index in [1.165, 1.54) is 0 Å². The standard InChI is InChI=1S/C99H85N3O16/c1-52(2)56-20-30-62(31-21-56)113-80-45-72-84-73(95(104)101(94(72)103)92(98(107)109-41-14-13-15-66-50-111-66)60-28-38-70-68-16-9-11-18-76(68)117-78(70)43-60)46-81(114-63-32-22-57(23-33-63)53(3)4)87-89-83(116-65-36-26-59(27-37-65)55(7)8)48-75-85-74(47-82(88(91(85)89)86(80)90(84)87)115-64-34-24-58(25-35-64)54(5)6)96(105)102(97(75)106)93(99(108)110-42-40-100-49-67-51-112-67)61-29-39-71-69-17-10-12-19-77(69)118-79(71)44-61/h9-12,16-39,43-48,52-55,66-67,92-93,100H,13-15,40-42,49-51H2,1-8H3. The van der Waals surface area contributed by atoms with Gasteiger partial charge in [0.15, 0.2) is 12.1 Å². The summed E-state index contributed by atoms with van der Waals surface area (Å²) < 4.78 is 66.0. The highest BCUT2D eigenvalue weighted by molar-refractivity contribution is 6.45. The molecule has 2 aromatic heterocycles. The summed E-state index contributed by atoms with van der Waals surface area (Å²) in [4.78, 5) is 101. The first kappa shape index (κ1) is 75.1. The topological polar surface area (TPSA) is 228 Å². The fourth-order valence-corrected chi connectivity index (χ4v) is 16.8. The summed E-state index contributed by atoms with van der Waals surface area (Å²) in [5, 5.41) is 8.30. The molecule has 15 aromatic rings. The molecule has 13 aromatic carbocycles. The summed E-state index contributed by atoms with van der Waals surface area (Å²) in [6.07, 6.45) is 2.16. The van der Waals surface area contributed by atoms with E-state index in [0.29, 0.717) is 77.9 Å². The molecular formula is C99H85N3O16. The van der Waals surface area contributed by atoms with Crippen LogP contribution in [0, 0.1) is 0 Å². The summed E-state index contributed by atoms with van der Waals surface area (Å²) in [5.41, 5.74) is 6.36. The molecule has 0 aliphatic carbocycles. The smallest absolute Gasteiger partial charge is 0.334 e. The molecule has 4 aliphatic heterocycles. The lowest BCUT2D eigenvalue weighted by molar-refractivity contribution is -0.149. The molecule has 1 N–H and O–H groups in total. The maximum atomic E-state index is 17.0. The van der Waals surface area contributed by atoms with E-state index in [1.807, 2.05) is 158 Å². The van der Waals surface area contributed by atoms with Crippen molar-refractivity contribution in [3.63, 3.8) is 0 Å². The van der Waals surface area contributed by atoms with Crippen molar-refractivity contribution in [2.45, 2.75) is 123 Å². The van der Waals surface area contributed by atoms with Gasteiger partial charge in [-0.2, -0.15) is 0 Å². The van der Waals surface area contributed by atoms with Gasteiger partial charge in [0.25, 0.3) is 23.6 Å². The average molecular weight is 1570 g/mol. The van der Waals surface area contributed by atoms with Gasteiger partial charge in [0, 0.05) is 77.7 Å². The van der Waals surface area contributed by atoms with Crippen LogP contribution >= 0.6 is 0 Å². The quantitative estimate of drug-likeness (QED) is 0.0120. The van der Waals surface area contributed by atoms with Crippen LogP contribution in [0.3, 0.4) is 0 Å². The van der Waals surface area contributed by atoms with Crippen molar-refractivity contribution in [2.24, 2.45) is 0 Å². The van der Waals surface area contributed by atoms with Crippen LogP contribution in [0.25, 0.3) is 87.0 Å². The number of fused-ring (bicyclic) bond motifs is 8. The SMILES string of the molecule is CC(C)c1ccc(Oc2cc3c4c(cc(Oc5ccc(C(C)C)cc5)c5c6c(Oc7ccc(C(C)C)cc7)cc7c8c(cc(Oc9ccc(C(C)C)cc9)c(c2c45)c86)C(=O)N(C(C(=O)OCCNCC2CO2)c2ccc4c(c2)oc2ccccc24)C7=O)C(=O)N(C(C(=O)OCCCCC2CO2)c2ccc4c(c2)oc2ccccc24)C3=O)cc1. The third-order valence-electron chi connectivity index (χ3n) is 23.3. The zero-order valence-electron chi connectivity index (χ0n) is 66.5. The Morgan fingerprint density at radius 1 is 0.364 bits per heavy atom. The number of epoxide rings is 2. The van der Waals surface area contributed by atoms with Gasteiger partial charge in [0.05, 0.1) is 54.3 Å². The van der Waals surface area contributed by atoms with Gasteiger partial charge in [0.1, 0.15) is 74.9 Å². The fraction of sp³-hybridized carbons (Fsp3) is 0.253. The molecule has 4 amide bonds. The lowest BCUT2D eigenvalue weighted by atomic mass is 9.80. The van der Waals surface area contributed by atoms with E-state index in [4.69, 9.17) is 46.7 Å². The van der Waals surface area contributed by atoms with Crippen molar-refractivity contribution in [1.29, 1.82) is 0 Å². The lowest BCUT2D eigenvalue weighted by Gasteiger charge is -2.35. The highest BCUT2D eigenvalue weighted by Gasteiger charge is 2.48. The maximum Gasteiger partial charge on any atom is 0.334 e. The first-order valence-electron chi connectivity index (χ1n) is 40.6. The molecule has 2 saturated heterocycles. The van der Waals surface area contributed by atoms with E-state index in [2.05, 4.69) is 60.7 Å². The van der Waals surface area contributed by atoms with Crippen molar-refractivity contribution >= 4 is 123 Å². The highest BCUT2D eigenvalue weighted by atomic mass is 16.6. The number of benzene rings is 13. The number of carbonyl (C=O) groups excluding carboxylic acids is 6. The molecule has 118 heavy (non-hydrogen) atoms. The number of para-hydroxylation sites is 2. The fourth-order valence-electron chi connectivity index (χ4n) is 16.8. The number of nitrogens with zero attached hydrogens (tertiary/aromatic N) is 2. The maximum absolute atomic E-state index is 17.0. The first-order chi connectivity index (χ1) is 57.3. The number of imide groups is 2. The van der Waals surface area contributed by atoms with Crippen molar-refractivity contribution < 1.29 is 75.5 Å². The van der Waals surface area contributed by atoms with Gasteiger partial charge < -0.3 is 52.0 Å². The zero-order chi connectivity index (χ0) is 81.1. The summed E-state index contributed by atoms with van der Waals surface area (Å²) in [7, 11) is 0. The Bertz CT molecular complexity index is 5940. The van der Waals surface area contributed by atoms with Gasteiger partial charge in [-0.25, -0.2) is 9.59 Å². The summed E-state index contributed by atoms with van der Waals surface area (Å²) in [5.74, 6) is -3.12. The molecule has 4 unspecified atom stereocenters. The van der Waals surface area contributed by atoms with Gasteiger partial charge in [-0.15, -0.1) is 0 Å². The number of esters is 2. The minimum Gasteiger partial charge on any atom is -0.464 e. The van der Waals surface area contributed by atoms with E-state index >= 15 is 28.8 Å². The monoisotopic (exact) mass is 1570 g/mol. The molecule has 19 nitrogen and oxygen atoms in total. The van der Waals surface area contributed by atoms with Crippen molar-refractivity contribution in [1.82, 2.24) is 15.1 Å². The first-order valence-corrected chi connectivity index (χ1v) is 40.6. The predicted molar refractivity (Wildman–Crippen MR) is 452 cm³/mol. The molecule has 0 saturated carbocycles. The van der Waals surface area contributed by atoms with Gasteiger partial charge in [-0.3, -0.25) is 29.0 Å². The average Bonchev–Trinajstić information content (AvgIpc) is 0.709. The second-order valence-electron chi connectivity index (χ2n) is 32.4. The second kappa shape index (κ2) is 30.3. The number of ether oxygens (including phenoxy) is 8. The Morgan fingerprint density at radius 3 is 1.03 bits per heavy atom. The molecule has 2 fully saturated rings. The van der Waals surface area contributed by atoms with Crippen molar-refractivity contribution in [3.8, 4) is 46.0 Å². The largest absolute Gasteiger partial charge is 0.464 e. The molecule has 4 aliphatic rings. The molecule has 19 rings (SSSR count). The molecule has 4 atom stereocenters. The van der Waals surface area contributed by atoms with Crippen LogP contribution in [0.1, 0.15) is 185 Å². The number of unbranched alkanes of at least 4 members (excludes halogenated alkanes) is 1. The van der Waals surface area contributed by atoms with Gasteiger partial charge in [0.2, 0.25) is 0 Å². The number of amides is 4. The normalized spacial score (nSPS) is 15.8. The van der Waals surface area contributed by atoms with Crippen LogP contribution in [0.5, 0.6) is 46.0 Å². The van der Waals surface area contributed by atoms with E-state index in [1.54, 1.807) is 48.5 Å². The number of rotatable bonds is 28. The molecule has 6 heterocycles. The Kier molecular flexibility index (Phi) is 19.3. The zero-order valence-corrected chi connectivity index (χ0v) is 66.5. The summed E-state index contributed by atoms with van der Waals surface area (Å²) in [6.45, 7) is 18.6. The molecule has 0 bridgehead atoms. The molecule has 0 radical (unpaired) electrons. The van der Waals surface area contributed by atoms with Crippen molar-refractivity contribution in [3.05, 3.63) is 262 Å². The van der Waals surface area contributed by atoms with E-state index < -0.39 is 47.7 Å². The third-order valence-corrected chi connectivity index (χ3v) is 23.3. The number of hydrogen-bond donors (Lipinski definition) is 1. The second-order valence-corrected chi connectivity index (χ2v) is 32.4. The number of nitrogens with one attached hydrogen (secondary N) is 1. The van der Waals surface area contributed by atoms with Crippen LogP contribution in [-0.2, 0) is 28.5 Å². The molecule has 19 heteroatoms. The Hall–Kier alpha value is -12.9. The Labute approximate surface area is 679 Å². The van der Waals surface area contributed by atoms with Gasteiger partial charge in [-0.05, 0) is 173 Å². The summed E-state index contributed by atoms with van der Waals surface area (Å²) in [6, 6.07) is 58.9. The predicted octanol–water partition coefficient (Wildman–Crippen LogP) is 22.5. The number of furan rings is 2. The van der Waals surface area contributed by atoms with E-state index in [9.17, 15) is 0 Å². The minimum absolute atomic E-state index is 0.0187. The van der Waals surface area contributed by atoms with Crippen LogP contribution in [-0.4, -0.2) is 97.1 Å². The Balaban J connectivity index is 0.908. The summed E-state index contributed by atoms with van der Waals surface area (Å²) >= 11 is 0. The Morgan fingerprint density at radius 2 is 0.686 bits per heavy atom. The number of carbonyl (C=O) groups is 6. The minimum atomic E-state index is -1.72. The van der Waals surface area contributed by atoms with E-state index in [-0.39, 0.29) is 155 Å². The van der Waals surface area contributed by atoms with Crippen LogP contribution in [0.2, 0.25) is 0 Å². The van der Waals surface area contributed by atoms with Crippen LogP contribution in [0.15, 0.2) is 215 Å². The lowest BCUT2D eigenvalue weighted by Crippen LogP contribution is -2.46. The molecular weight excluding hydrogens is 1490 g/mol. The van der Waals surface area contributed by atoms with Crippen molar-refractivity contribution in [2.75, 3.05) is 39.5 Å². The van der Waals surface area contributed by atoms with Gasteiger partial charge in [-0.1, -0.05) is 165 Å². The molecule has 0 spiro atoms. The number of hydrogen-bond acceptors (Lipinski definition) is 17. The molecule has 592 valence electrons. The van der Waals surface area contributed by atoms with Crippen LogP contribution in [0.4, 0.5) is 0 Å². The van der Waals surface area contributed by atoms with Crippen LogP contribution < -0.4 is 24.3 Å². The van der Waals surface area contributed by atoms with Gasteiger partial charge >= 0.3 is 11.9 Å². The van der Waals surface area contributed by atoms with E-state index in [0.717, 1.165) is 60.0 Å².